The van der Waals surface area contributed by atoms with E-state index in [2.05, 4.69) is 51.5 Å². The van der Waals surface area contributed by atoms with Gasteiger partial charge >= 0.3 is 0 Å². The summed E-state index contributed by atoms with van der Waals surface area (Å²) in [5.41, 5.74) is 5.00. The van der Waals surface area contributed by atoms with Crippen LogP contribution in [-0.4, -0.2) is 37.0 Å². The molecule has 0 saturated carbocycles. The molecule has 0 aliphatic carbocycles. The zero-order chi connectivity index (χ0) is 17.8. The van der Waals surface area contributed by atoms with Gasteiger partial charge in [-0.15, -0.1) is 0 Å². The van der Waals surface area contributed by atoms with E-state index in [0.717, 1.165) is 44.8 Å². The molecule has 0 unspecified atom stereocenters. The fourth-order valence-electron chi connectivity index (χ4n) is 3.96. The molecule has 1 N–H and O–H groups in total. The quantitative estimate of drug-likeness (QED) is 0.894. The fourth-order valence-corrected chi connectivity index (χ4v) is 3.96. The first kappa shape index (κ1) is 17.1. The minimum Gasteiger partial charge on any atom is -0.372 e. The Hall–Kier alpha value is -2.33. The minimum atomic E-state index is 0.0952. The van der Waals surface area contributed by atoms with E-state index < -0.39 is 0 Å². The van der Waals surface area contributed by atoms with Gasteiger partial charge in [0.2, 0.25) is 5.91 Å². The number of fused-ring (bicyclic) bond motifs is 1. The van der Waals surface area contributed by atoms with Crippen molar-refractivity contribution >= 4 is 17.3 Å². The van der Waals surface area contributed by atoms with Crippen LogP contribution < -0.4 is 10.2 Å². The maximum absolute atomic E-state index is 12.3. The number of anilines is 2. The van der Waals surface area contributed by atoms with Gasteiger partial charge in [-0.05, 0) is 54.7 Å². The number of carbonyl (C=O) groups is 1. The molecule has 4 nitrogen and oxygen atoms in total. The molecule has 0 radical (unpaired) electrons. The van der Waals surface area contributed by atoms with Crippen LogP contribution in [0.25, 0.3) is 0 Å². The van der Waals surface area contributed by atoms with Crippen LogP contribution in [0.15, 0.2) is 48.5 Å². The molecular formula is C22H27N3O. The highest BCUT2D eigenvalue weighted by molar-refractivity contribution is 5.91. The van der Waals surface area contributed by atoms with Crippen molar-refractivity contribution < 1.29 is 4.79 Å². The highest BCUT2D eigenvalue weighted by atomic mass is 16.1. The third kappa shape index (κ3) is 4.07. The van der Waals surface area contributed by atoms with E-state index in [4.69, 9.17) is 0 Å². The van der Waals surface area contributed by atoms with Gasteiger partial charge in [0.15, 0.2) is 0 Å². The number of benzene rings is 2. The molecule has 0 bridgehead atoms. The SMILES string of the molecule is O=C(CCN1CCc2ccccc2C1)Nc1ccc(N2CCCC2)cc1. The zero-order valence-corrected chi connectivity index (χ0v) is 15.3. The lowest BCUT2D eigenvalue weighted by Gasteiger charge is -2.28. The molecule has 0 aromatic heterocycles. The summed E-state index contributed by atoms with van der Waals surface area (Å²) in [5.74, 6) is 0.0952. The summed E-state index contributed by atoms with van der Waals surface area (Å²) in [6, 6.07) is 16.9. The lowest BCUT2D eigenvalue weighted by molar-refractivity contribution is -0.116. The number of amides is 1. The Labute approximate surface area is 155 Å². The maximum Gasteiger partial charge on any atom is 0.225 e. The number of nitrogens with zero attached hydrogens (tertiary/aromatic N) is 2. The van der Waals surface area contributed by atoms with Crippen LogP contribution in [0.5, 0.6) is 0 Å². The van der Waals surface area contributed by atoms with Crippen molar-refractivity contribution in [1.29, 1.82) is 0 Å². The van der Waals surface area contributed by atoms with Gasteiger partial charge in [0.25, 0.3) is 0 Å². The second kappa shape index (κ2) is 7.92. The van der Waals surface area contributed by atoms with Gasteiger partial charge in [0.05, 0.1) is 0 Å². The third-order valence-corrected chi connectivity index (χ3v) is 5.49. The van der Waals surface area contributed by atoms with Crippen molar-refractivity contribution in [3.05, 3.63) is 59.7 Å². The summed E-state index contributed by atoms with van der Waals surface area (Å²) in [7, 11) is 0. The standard InChI is InChI=1S/C22H27N3O/c26-22(12-16-24-15-11-18-5-1-2-6-19(18)17-24)23-20-7-9-21(10-8-20)25-13-3-4-14-25/h1-2,5-10H,3-4,11-17H2,(H,23,26). The highest BCUT2D eigenvalue weighted by Gasteiger charge is 2.16. The van der Waals surface area contributed by atoms with Crippen molar-refractivity contribution in [3.8, 4) is 0 Å². The zero-order valence-electron chi connectivity index (χ0n) is 15.3. The minimum absolute atomic E-state index is 0.0952. The smallest absolute Gasteiger partial charge is 0.225 e. The molecule has 1 amide bonds. The average molecular weight is 349 g/mol. The normalized spacial score (nSPS) is 17.2. The van der Waals surface area contributed by atoms with Crippen molar-refractivity contribution in [2.24, 2.45) is 0 Å². The van der Waals surface area contributed by atoms with Gasteiger partial charge in [0, 0.05) is 50.5 Å². The van der Waals surface area contributed by atoms with Crippen molar-refractivity contribution in [2.75, 3.05) is 36.4 Å². The molecule has 2 aliphatic heterocycles. The Morgan fingerprint density at radius 2 is 1.65 bits per heavy atom. The first-order chi connectivity index (χ1) is 12.8. The molecular weight excluding hydrogens is 322 g/mol. The maximum atomic E-state index is 12.3. The molecule has 2 aromatic carbocycles. The second-order valence-electron chi connectivity index (χ2n) is 7.33. The largest absolute Gasteiger partial charge is 0.372 e. The molecule has 0 spiro atoms. The van der Waals surface area contributed by atoms with E-state index in [1.54, 1.807) is 0 Å². The van der Waals surface area contributed by atoms with Crippen molar-refractivity contribution in [1.82, 2.24) is 4.90 Å². The molecule has 26 heavy (non-hydrogen) atoms. The fraction of sp³-hybridized carbons (Fsp3) is 0.409. The molecule has 2 heterocycles. The van der Waals surface area contributed by atoms with Crippen molar-refractivity contribution in [2.45, 2.75) is 32.2 Å². The number of rotatable bonds is 5. The van der Waals surface area contributed by atoms with E-state index in [9.17, 15) is 4.79 Å². The van der Waals surface area contributed by atoms with Crippen LogP contribution in [-0.2, 0) is 17.8 Å². The van der Waals surface area contributed by atoms with Gasteiger partial charge in [0.1, 0.15) is 0 Å². The molecule has 4 rings (SSSR count). The summed E-state index contributed by atoms with van der Waals surface area (Å²) in [5, 5.41) is 3.03. The van der Waals surface area contributed by atoms with E-state index in [1.165, 1.54) is 29.7 Å². The van der Waals surface area contributed by atoms with Gasteiger partial charge < -0.3 is 10.2 Å². The van der Waals surface area contributed by atoms with E-state index in [0.29, 0.717) is 6.42 Å². The van der Waals surface area contributed by atoms with Gasteiger partial charge in [-0.2, -0.15) is 0 Å². The molecule has 4 heteroatoms. The number of hydrogen-bond donors (Lipinski definition) is 1. The second-order valence-corrected chi connectivity index (χ2v) is 7.33. The Kier molecular flexibility index (Phi) is 5.21. The predicted molar refractivity (Wildman–Crippen MR) is 107 cm³/mol. The van der Waals surface area contributed by atoms with Crippen LogP contribution in [0.3, 0.4) is 0 Å². The van der Waals surface area contributed by atoms with E-state index in [-0.39, 0.29) is 5.91 Å². The van der Waals surface area contributed by atoms with Crippen LogP contribution in [0.1, 0.15) is 30.4 Å². The molecule has 0 atom stereocenters. The number of carbonyl (C=O) groups excluding carboxylic acids is 1. The van der Waals surface area contributed by atoms with E-state index >= 15 is 0 Å². The van der Waals surface area contributed by atoms with E-state index in [1.807, 2.05) is 12.1 Å². The molecule has 1 saturated heterocycles. The monoisotopic (exact) mass is 349 g/mol. The predicted octanol–water partition coefficient (Wildman–Crippen LogP) is 3.67. The molecule has 2 aromatic rings. The Morgan fingerprint density at radius 3 is 2.42 bits per heavy atom. The summed E-state index contributed by atoms with van der Waals surface area (Å²) in [6.45, 7) is 5.09. The highest BCUT2D eigenvalue weighted by Crippen LogP contribution is 2.22. The Bertz CT molecular complexity index is 750. The van der Waals surface area contributed by atoms with Crippen LogP contribution in [0, 0.1) is 0 Å². The summed E-state index contributed by atoms with van der Waals surface area (Å²) < 4.78 is 0. The third-order valence-electron chi connectivity index (χ3n) is 5.49. The number of hydrogen-bond acceptors (Lipinski definition) is 3. The first-order valence-electron chi connectivity index (χ1n) is 9.72. The lowest BCUT2D eigenvalue weighted by Crippen LogP contribution is -2.33. The average Bonchev–Trinajstić information content (AvgIpc) is 3.22. The van der Waals surface area contributed by atoms with Crippen LogP contribution >= 0.6 is 0 Å². The van der Waals surface area contributed by atoms with Gasteiger partial charge in [-0.25, -0.2) is 0 Å². The Morgan fingerprint density at radius 1 is 0.923 bits per heavy atom. The molecule has 2 aliphatic rings. The number of nitrogens with one attached hydrogen (secondary N) is 1. The summed E-state index contributed by atoms with van der Waals surface area (Å²) in [4.78, 5) is 17.1. The van der Waals surface area contributed by atoms with Crippen LogP contribution in [0.2, 0.25) is 0 Å². The topological polar surface area (TPSA) is 35.6 Å². The van der Waals surface area contributed by atoms with Gasteiger partial charge in [-0.1, -0.05) is 24.3 Å². The van der Waals surface area contributed by atoms with Crippen molar-refractivity contribution in [3.63, 3.8) is 0 Å². The summed E-state index contributed by atoms with van der Waals surface area (Å²) in [6.07, 6.45) is 4.17. The molecule has 136 valence electrons. The molecule has 1 fully saturated rings. The first-order valence-corrected chi connectivity index (χ1v) is 9.72. The Balaban J connectivity index is 1.25. The summed E-state index contributed by atoms with van der Waals surface area (Å²) >= 11 is 0. The van der Waals surface area contributed by atoms with Gasteiger partial charge in [-0.3, -0.25) is 9.69 Å². The van der Waals surface area contributed by atoms with Crippen LogP contribution in [0.4, 0.5) is 11.4 Å². The lowest BCUT2D eigenvalue weighted by atomic mass is 10.00.